The third-order valence-corrected chi connectivity index (χ3v) is 5.67. The zero-order chi connectivity index (χ0) is 24.0. The summed E-state index contributed by atoms with van der Waals surface area (Å²) in [5, 5.41) is 0.132. The Hall–Kier alpha value is -3.88. The number of amides is 2. The van der Waals surface area contributed by atoms with Crippen LogP contribution in [0.5, 0.6) is 5.75 Å². The van der Waals surface area contributed by atoms with Gasteiger partial charge < -0.3 is 4.74 Å². The van der Waals surface area contributed by atoms with Gasteiger partial charge in [-0.1, -0.05) is 24.0 Å². The summed E-state index contributed by atoms with van der Waals surface area (Å²) in [4.78, 5) is 25.3. The molecule has 2 amide bonds. The van der Waals surface area contributed by atoms with Crippen LogP contribution in [0.4, 0.5) is 13.2 Å². The number of hydroxylamine groups is 2. The van der Waals surface area contributed by atoms with Crippen molar-refractivity contribution in [1.29, 1.82) is 0 Å². The molecule has 0 N–H and O–H groups in total. The molecule has 0 bridgehead atoms. The number of carbonyl (C=O) groups is 2. The van der Waals surface area contributed by atoms with Crippen LogP contribution in [0.15, 0.2) is 54.6 Å². The number of halogens is 3. The fourth-order valence-corrected chi connectivity index (χ4v) is 3.62. The van der Waals surface area contributed by atoms with Gasteiger partial charge in [0.05, 0.1) is 18.2 Å². The van der Waals surface area contributed by atoms with E-state index in [0.29, 0.717) is 22.3 Å². The first-order valence-electron chi connectivity index (χ1n) is 9.15. The van der Waals surface area contributed by atoms with Crippen LogP contribution in [0.1, 0.15) is 31.8 Å². The van der Waals surface area contributed by atoms with E-state index in [1.165, 1.54) is 31.4 Å². The minimum Gasteiger partial charge on any atom is -0.497 e. The molecule has 1 aliphatic heterocycles. The third-order valence-electron chi connectivity index (χ3n) is 4.76. The van der Waals surface area contributed by atoms with Crippen molar-refractivity contribution in [2.45, 2.75) is 5.51 Å². The summed E-state index contributed by atoms with van der Waals surface area (Å²) in [6.45, 7) is 0. The molecule has 0 saturated carbocycles. The van der Waals surface area contributed by atoms with Crippen LogP contribution < -0.4 is 4.74 Å². The molecule has 3 aromatic carbocycles. The minimum absolute atomic E-state index is 0.137. The van der Waals surface area contributed by atoms with Gasteiger partial charge in [0, 0.05) is 16.5 Å². The third kappa shape index (κ3) is 3.90. The topological polar surface area (TPSA) is 90.0 Å². The van der Waals surface area contributed by atoms with Gasteiger partial charge in [0.15, 0.2) is 0 Å². The highest BCUT2D eigenvalue weighted by atomic mass is 32.2. The number of imide groups is 1. The molecule has 0 spiro atoms. The Morgan fingerprint density at radius 2 is 1.52 bits per heavy atom. The molecule has 33 heavy (non-hydrogen) atoms. The summed E-state index contributed by atoms with van der Waals surface area (Å²) >= 11 is 0. The Morgan fingerprint density at radius 3 is 2.12 bits per heavy atom. The maximum Gasteiger partial charge on any atom is 0.525 e. The lowest BCUT2D eigenvalue weighted by Crippen LogP contribution is -2.44. The van der Waals surface area contributed by atoms with E-state index >= 15 is 0 Å². The first kappa shape index (κ1) is 22.3. The summed E-state index contributed by atoms with van der Waals surface area (Å²) in [6.07, 6.45) is 0. The average Bonchev–Trinajstić information content (AvgIpc) is 2.78. The average molecular weight is 475 g/mol. The van der Waals surface area contributed by atoms with E-state index in [-0.39, 0.29) is 16.5 Å². The molecule has 0 atom stereocenters. The van der Waals surface area contributed by atoms with Crippen molar-refractivity contribution in [3.63, 3.8) is 0 Å². The van der Waals surface area contributed by atoms with Gasteiger partial charge in [0.2, 0.25) is 0 Å². The van der Waals surface area contributed by atoms with Crippen LogP contribution in [0.2, 0.25) is 0 Å². The van der Waals surface area contributed by atoms with Gasteiger partial charge in [-0.3, -0.25) is 9.59 Å². The Bertz CT molecular complexity index is 1450. The summed E-state index contributed by atoms with van der Waals surface area (Å²) in [7, 11) is -4.70. The van der Waals surface area contributed by atoms with Crippen LogP contribution in [0, 0.1) is 11.8 Å². The number of methoxy groups -OCH3 is 1. The lowest BCUT2D eigenvalue weighted by Gasteiger charge is -2.25. The fraction of sp³-hybridized carbons (Fsp3) is 0.0909. The van der Waals surface area contributed by atoms with Crippen LogP contribution in [-0.4, -0.2) is 37.9 Å². The predicted octanol–water partition coefficient (Wildman–Crippen LogP) is 3.63. The first-order chi connectivity index (χ1) is 15.5. The van der Waals surface area contributed by atoms with E-state index in [1.807, 2.05) is 0 Å². The number of hydrogen-bond donors (Lipinski definition) is 0. The highest BCUT2D eigenvalue weighted by Crippen LogP contribution is 2.34. The van der Waals surface area contributed by atoms with Gasteiger partial charge in [-0.2, -0.15) is 21.6 Å². The number of carbonyl (C=O) groups excluding carboxylic acids is 2. The van der Waals surface area contributed by atoms with Gasteiger partial charge in [-0.25, -0.2) is 0 Å². The van der Waals surface area contributed by atoms with Crippen molar-refractivity contribution in [1.82, 2.24) is 5.06 Å². The zero-order valence-electron chi connectivity index (χ0n) is 16.6. The molecule has 0 fully saturated rings. The second-order valence-electron chi connectivity index (χ2n) is 6.75. The SMILES string of the molecule is COc1ccc(C#Cc2ccc3c4c(cccc24)C(=O)N(OS(=O)(=O)C(F)(F)F)C3=O)cc1. The van der Waals surface area contributed by atoms with E-state index in [2.05, 4.69) is 16.1 Å². The van der Waals surface area contributed by atoms with Crippen molar-refractivity contribution in [3.8, 4) is 17.6 Å². The quantitative estimate of drug-likeness (QED) is 0.327. The first-order valence-corrected chi connectivity index (χ1v) is 10.6. The summed E-state index contributed by atoms with van der Waals surface area (Å²) in [6, 6.07) is 13.9. The van der Waals surface area contributed by atoms with Gasteiger partial charge in [-0.15, -0.1) is 9.35 Å². The van der Waals surface area contributed by atoms with Gasteiger partial charge in [0.1, 0.15) is 5.75 Å². The van der Waals surface area contributed by atoms with Crippen molar-refractivity contribution < 1.29 is 40.2 Å². The Morgan fingerprint density at radius 1 is 0.879 bits per heavy atom. The Labute approximate surface area is 185 Å². The minimum atomic E-state index is -6.23. The predicted molar refractivity (Wildman–Crippen MR) is 109 cm³/mol. The Balaban J connectivity index is 1.78. The molecule has 0 unspecified atom stereocenters. The fourth-order valence-electron chi connectivity index (χ4n) is 3.21. The van der Waals surface area contributed by atoms with Crippen LogP contribution in [-0.2, 0) is 14.4 Å². The maximum absolute atomic E-state index is 12.7. The standard InChI is InChI=1S/C22H12F3NO6S/c1-31-15-10-6-13(7-11-15)5-8-14-9-12-18-19-16(14)3-2-4-17(19)20(27)26(21(18)28)32-33(29,30)22(23,24)25/h2-4,6-7,9-12H,1H3. The molecule has 11 heteroatoms. The Kier molecular flexibility index (Phi) is 5.35. The second-order valence-corrected chi connectivity index (χ2v) is 8.27. The van der Waals surface area contributed by atoms with E-state index in [4.69, 9.17) is 4.74 Å². The van der Waals surface area contributed by atoms with Crippen LogP contribution >= 0.6 is 0 Å². The van der Waals surface area contributed by atoms with E-state index in [1.54, 1.807) is 30.3 Å². The van der Waals surface area contributed by atoms with Crippen LogP contribution in [0.25, 0.3) is 10.8 Å². The highest BCUT2D eigenvalue weighted by molar-refractivity contribution is 7.87. The molecule has 3 aromatic rings. The normalized spacial score (nSPS) is 13.6. The zero-order valence-corrected chi connectivity index (χ0v) is 17.5. The van der Waals surface area contributed by atoms with Crippen molar-refractivity contribution in [3.05, 3.63) is 76.9 Å². The van der Waals surface area contributed by atoms with Gasteiger partial charge >= 0.3 is 15.6 Å². The lowest BCUT2D eigenvalue weighted by atomic mass is 9.92. The van der Waals surface area contributed by atoms with E-state index in [0.717, 1.165) is 0 Å². The van der Waals surface area contributed by atoms with Crippen molar-refractivity contribution >= 4 is 32.7 Å². The lowest BCUT2D eigenvalue weighted by molar-refractivity contribution is -0.0761. The molecule has 0 radical (unpaired) electrons. The van der Waals surface area contributed by atoms with E-state index in [9.17, 15) is 31.2 Å². The number of ether oxygens (including phenoxy) is 1. The van der Waals surface area contributed by atoms with Gasteiger partial charge in [-0.05, 0) is 47.9 Å². The highest BCUT2D eigenvalue weighted by Gasteiger charge is 2.51. The number of benzene rings is 3. The smallest absolute Gasteiger partial charge is 0.497 e. The summed E-state index contributed by atoms with van der Waals surface area (Å²) in [5.41, 5.74) is -5.11. The molecule has 7 nitrogen and oxygen atoms in total. The number of rotatable bonds is 3. The number of nitrogens with zero attached hydrogens (tertiary/aromatic N) is 1. The number of alkyl halides is 3. The van der Waals surface area contributed by atoms with Crippen LogP contribution in [0.3, 0.4) is 0 Å². The molecular formula is C22H12F3NO6S. The molecular weight excluding hydrogens is 463 g/mol. The van der Waals surface area contributed by atoms with Gasteiger partial charge in [0.25, 0.3) is 11.8 Å². The summed E-state index contributed by atoms with van der Waals surface area (Å²) < 4.78 is 69.8. The largest absolute Gasteiger partial charge is 0.525 e. The summed E-state index contributed by atoms with van der Waals surface area (Å²) in [5.74, 6) is 3.85. The molecule has 0 aliphatic carbocycles. The monoisotopic (exact) mass is 475 g/mol. The molecule has 4 rings (SSSR count). The second kappa shape index (κ2) is 7.91. The molecule has 1 heterocycles. The van der Waals surface area contributed by atoms with E-state index < -0.39 is 32.5 Å². The molecule has 0 aromatic heterocycles. The van der Waals surface area contributed by atoms with Crippen molar-refractivity contribution in [2.24, 2.45) is 0 Å². The number of hydrogen-bond acceptors (Lipinski definition) is 6. The molecule has 0 saturated heterocycles. The van der Waals surface area contributed by atoms with Crippen molar-refractivity contribution in [2.75, 3.05) is 7.11 Å². The molecule has 168 valence electrons. The molecule has 1 aliphatic rings. The maximum atomic E-state index is 12.7.